The predicted octanol–water partition coefficient (Wildman–Crippen LogP) is 4.46. The summed E-state index contributed by atoms with van der Waals surface area (Å²) in [6.07, 6.45) is 3.77. The summed E-state index contributed by atoms with van der Waals surface area (Å²) in [5.41, 5.74) is 3.01. The fourth-order valence-electron chi connectivity index (χ4n) is 3.28. The predicted molar refractivity (Wildman–Crippen MR) is 114 cm³/mol. The molecule has 0 bridgehead atoms. The van der Waals surface area contributed by atoms with E-state index in [-0.39, 0.29) is 18.0 Å². The van der Waals surface area contributed by atoms with Gasteiger partial charge in [-0.05, 0) is 75.6 Å². The van der Waals surface area contributed by atoms with Crippen molar-refractivity contribution in [2.24, 2.45) is 0 Å². The van der Waals surface area contributed by atoms with Gasteiger partial charge in [-0.2, -0.15) is 0 Å². The van der Waals surface area contributed by atoms with Crippen LogP contribution in [0.3, 0.4) is 0 Å². The first-order chi connectivity index (χ1) is 13.5. The Morgan fingerprint density at radius 1 is 0.893 bits per heavy atom. The Bertz CT molecular complexity index is 812. The van der Waals surface area contributed by atoms with E-state index in [0.29, 0.717) is 11.3 Å². The number of piperidine rings is 1. The number of benzene rings is 2. The lowest BCUT2D eigenvalue weighted by atomic mass is 10.1. The molecule has 1 saturated heterocycles. The number of nitrogens with zero attached hydrogens (tertiary/aromatic N) is 1. The Kier molecular flexibility index (Phi) is 6.53. The fourth-order valence-corrected chi connectivity index (χ4v) is 3.28. The summed E-state index contributed by atoms with van der Waals surface area (Å²) in [6, 6.07) is 14.6. The summed E-state index contributed by atoms with van der Waals surface area (Å²) < 4.78 is 0. The molecule has 0 aromatic heterocycles. The molecule has 1 aliphatic heterocycles. The van der Waals surface area contributed by atoms with Crippen molar-refractivity contribution in [3.8, 4) is 0 Å². The molecule has 0 saturated carbocycles. The maximum Gasteiger partial charge on any atom is 0.319 e. The third kappa shape index (κ3) is 5.49. The van der Waals surface area contributed by atoms with Crippen molar-refractivity contribution in [3.05, 3.63) is 54.1 Å². The van der Waals surface area contributed by atoms with Gasteiger partial charge in [0.15, 0.2) is 0 Å². The molecular formula is C22H28N4O2. The van der Waals surface area contributed by atoms with Gasteiger partial charge in [0.1, 0.15) is 0 Å². The SMILES string of the molecule is CC(C)NC(=O)Nc1cccc(C(=O)Nc2ccc(N3CCCCC3)cc2)c1. The number of carbonyl (C=O) groups excluding carboxylic acids is 2. The molecule has 6 heteroatoms. The van der Waals surface area contributed by atoms with E-state index in [1.807, 2.05) is 26.0 Å². The third-order valence-electron chi connectivity index (χ3n) is 4.65. The van der Waals surface area contributed by atoms with Crippen molar-refractivity contribution in [2.45, 2.75) is 39.2 Å². The van der Waals surface area contributed by atoms with Gasteiger partial charge in [-0.25, -0.2) is 4.79 Å². The maximum atomic E-state index is 12.6. The van der Waals surface area contributed by atoms with Crippen molar-refractivity contribution in [2.75, 3.05) is 28.6 Å². The summed E-state index contributed by atoms with van der Waals surface area (Å²) in [4.78, 5) is 26.8. The molecular weight excluding hydrogens is 352 g/mol. The number of hydrogen-bond acceptors (Lipinski definition) is 3. The van der Waals surface area contributed by atoms with E-state index < -0.39 is 0 Å². The molecule has 1 heterocycles. The Morgan fingerprint density at radius 2 is 1.61 bits per heavy atom. The van der Waals surface area contributed by atoms with Gasteiger partial charge in [0.05, 0.1) is 0 Å². The molecule has 0 atom stereocenters. The van der Waals surface area contributed by atoms with Crippen LogP contribution in [0.5, 0.6) is 0 Å². The van der Waals surface area contributed by atoms with E-state index in [1.54, 1.807) is 24.3 Å². The van der Waals surface area contributed by atoms with Gasteiger partial charge in [0.25, 0.3) is 5.91 Å². The summed E-state index contributed by atoms with van der Waals surface area (Å²) >= 11 is 0. The second-order valence-electron chi connectivity index (χ2n) is 7.38. The van der Waals surface area contributed by atoms with E-state index in [2.05, 4.69) is 33.0 Å². The Morgan fingerprint density at radius 3 is 2.29 bits per heavy atom. The highest BCUT2D eigenvalue weighted by molar-refractivity contribution is 6.05. The summed E-state index contributed by atoms with van der Waals surface area (Å²) in [5, 5.41) is 8.41. The number of rotatable bonds is 5. The molecule has 6 nitrogen and oxygen atoms in total. The zero-order chi connectivity index (χ0) is 19.9. The Balaban J connectivity index is 1.61. The highest BCUT2D eigenvalue weighted by Gasteiger charge is 2.12. The van der Waals surface area contributed by atoms with Crippen LogP contribution in [0.2, 0.25) is 0 Å². The van der Waals surface area contributed by atoms with Crippen LogP contribution in [0.1, 0.15) is 43.5 Å². The average molecular weight is 380 g/mol. The van der Waals surface area contributed by atoms with E-state index in [1.165, 1.54) is 24.9 Å². The number of amides is 3. The molecule has 0 radical (unpaired) electrons. The molecule has 0 aliphatic carbocycles. The lowest BCUT2D eigenvalue weighted by Crippen LogP contribution is -2.34. The number of urea groups is 1. The summed E-state index contributed by atoms with van der Waals surface area (Å²) in [6.45, 7) is 5.96. The first-order valence-electron chi connectivity index (χ1n) is 9.85. The molecule has 2 aromatic carbocycles. The highest BCUT2D eigenvalue weighted by atomic mass is 16.2. The minimum Gasteiger partial charge on any atom is -0.372 e. The smallest absolute Gasteiger partial charge is 0.319 e. The standard InChI is InChI=1S/C22H28N4O2/c1-16(2)23-22(28)25-19-8-6-7-17(15-19)21(27)24-18-9-11-20(12-10-18)26-13-4-3-5-14-26/h6-12,15-16H,3-5,13-14H2,1-2H3,(H,24,27)(H2,23,25,28). The van der Waals surface area contributed by atoms with Gasteiger partial charge in [0.2, 0.25) is 0 Å². The highest BCUT2D eigenvalue weighted by Crippen LogP contribution is 2.22. The van der Waals surface area contributed by atoms with E-state index >= 15 is 0 Å². The summed E-state index contributed by atoms with van der Waals surface area (Å²) in [7, 11) is 0. The quantitative estimate of drug-likeness (QED) is 0.717. The topological polar surface area (TPSA) is 73.5 Å². The molecule has 28 heavy (non-hydrogen) atoms. The molecule has 3 rings (SSSR count). The first kappa shape index (κ1) is 19.7. The zero-order valence-corrected chi connectivity index (χ0v) is 16.5. The van der Waals surface area contributed by atoms with Gasteiger partial charge in [0, 0.05) is 41.8 Å². The fraction of sp³-hybridized carbons (Fsp3) is 0.364. The summed E-state index contributed by atoms with van der Waals surface area (Å²) in [5.74, 6) is -0.210. The van der Waals surface area contributed by atoms with Crippen molar-refractivity contribution in [1.82, 2.24) is 5.32 Å². The average Bonchev–Trinajstić information content (AvgIpc) is 2.69. The van der Waals surface area contributed by atoms with Crippen LogP contribution in [0.4, 0.5) is 21.9 Å². The van der Waals surface area contributed by atoms with Crippen molar-refractivity contribution >= 4 is 29.0 Å². The lowest BCUT2D eigenvalue weighted by molar-refractivity contribution is 0.102. The second kappa shape index (κ2) is 9.26. The van der Waals surface area contributed by atoms with Crippen molar-refractivity contribution < 1.29 is 9.59 Å². The monoisotopic (exact) mass is 380 g/mol. The third-order valence-corrected chi connectivity index (χ3v) is 4.65. The van der Waals surface area contributed by atoms with Crippen LogP contribution in [0.15, 0.2) is 48.5 Å². The van der Waals surface area contributed by atoms with Gasteiger partial charge < -0.3 is 20.9 Å². The van der Waals surface area contributed by atoms with Crippen LogP contribution in [-0.2, 0) is 0 Å². The van der Waals surface area contributed by atoms with Crippen molar-refractivity contribution in [1.29, 1.82) is 0 Å². The molecule has 0 spiro atoms. The van der Waals surface area contributed by atoms with Crippen LogP contribution < -0.4 is 20.9 Å². The molecule has 3 amide bonds. The normalized spacial score (nSPS) is 13.9. The van der Waals surface area contributed by atoms with Gasteiger partial charge in [-0.15, -0.1) is 0 Å². The van der Waals surface area contributed by atoms with Gasteiger partial charge >= 0.3 is 6.03 Å². The number of anilines is 3. The molecule has 148 valence electrons. The van der Waals surface area contributed by atoms with Crippen LogP contribution in [0.25, 0.3) is 0 Å². The van der Waals surface area contributed by atoms with E-state index in [9.17, 15) is 9.59 Å². The number of carbonyl (C=O) groups is 2. The largest absolute Gasteiger partial charge is 0.372 e. The van der Waals surface area contributed by atoms with Gasteiger partial charge in [-0.3, -0.25) is 4.79 Å². The van der Waals surface area contributed by atoms with Crippen LogP contribution in [0, 0.1) is 0 Å². The number of hydrogen-bond donors (Lipinski definition) is 3. The Labute approximate surface area is 166 Å². The lowest BCUT2D eigenvalue weighted by Gasteiger charge is -2.28. The molecule has 3 N–H and O–H groups in total. The first-order valence-corrected chi connectivity index (χ1v) is 9.85. The zero-order valence-electron chi connectivity index (χ0n) is 16.5. The molecule has 1 aliphatic rings. The molecule has 2 aromatic rings. The van der Waals surface area contributed by atoms with Gasteiger partial charge in [-0.1, -0.05) is 6.07 Å². The van der Waals surface area contributed by atoms with Crippen LogP contribution in [-0.4, -0.2) is 31.1 Å². The second-order valence-corrected chi connectivity index (χ2v) is 7.38. The van der Waals surface area contributed by atoms with Crippen LogP contribution >= 0.6 is 0 Å². The molecule has 0 unspecified atom stereocenters. The Hall–Kier alpha value is -3.02. The minimum atomic E-state index is -0.291. The maximum absolute atomic E-state index is 12.6. The van der Waals surface area contributed by atoms with Crippen molar-refractivity contribution in [3.63, 3.8) is 0 Å². The molecule has 1 fully saturated rings. The number of nitrogens with one attached hydrogen (secondary N) is 3. The van der Waals surface area contributed by atoms with E-state index in [0.717, 1.165) is 18.8 Å². The minimum absolute atomic E-state index is 0.0411. The van der Waals surface area contributed by atoms with E-state index in [4.69, 9.17) is 0 Å².